The normalized spacial score (nSPS) is 16.7. The van der Waals surface area contributed by atoms with Gasteiger partial charge in [0.2, 0.25) is 5.60 Å². The number of aromatic nitrogens is 2. The number of ether oxygens (including phenoxy) is 4. The number of carbonyl (C=O) groups excluding carboxylic acids is 4. The number of benzene rings is 1. The highest BCUT2D eigenvalue weighted by atomic mass is 28.3. The van der Waals surface area contributed by atoms with Crippen molar-refractivity contribution >= 4 is 54.0 Å². The molecule has 0 saturated carbocycles. The minimum absolute atomic E-state index is 0.0140. The van der Waals surface area contributed by atoms with Gasteiger partial charge in [-0.2, -0.15) is 0 Å². The van der Waals surface area contributed by atoms with Gasteiger partial charge in [0, 0.05) is 23.2 Å². The van der Waals surface area contributed by atoms with E-state index in [-0.39, 0.29) is 49.2 Å². The molecule has 4 heterocycles. The molecule has 1 atom stereocenters. The Morgan fingerprint density at radius 2 is 1.65 bits per heavy atom. The van der Waals surface area contributed by atoms with Crippen molar-refractivity contribution in [1.82, 2.24) is 14.9 Å². The number of nitrogens with zero attached hydrogens (tertiary/aromatic N) is 2. The number of cyclic esters (lactones) is 1. The quantitative estimate of drug-likeness (QED) is 0.115. The zero-order valence-corrected chi connectivity index (χ0v) is 32.8. The lowest BCUT2D eigenvalue weighted by atomic mass is 9.85. The molecule has 280 valence electrons. The van der Waals surface area contributed by atoms with E-state index >= 15 is 0 Å². The number of carbonyl (C=O) groups is 4. The third kappa shape index (κ3) is 7.71. The molecular formula is C38H50N4O9Si. The van der Waals surface area contributed by atoms with Crippen LogP contribution in [-0.4, -0.2) is 59.5 Å². The number of pyridine rings is 2. The Morgan fingerprint density at radius 3 is 2.29 bits per heavy atom. The molecule has 0 aliphatic carbocycles. The molecule has 5 rings (SSSR count). The molecule has 1 unspecified atom stereocenters. The molecule has 2 amide bonds. The van der Waals surface area contributed by atoms with E-state index in [4.69, 9.17) is 23.9 Å². The van der Waals surface area contributed by atoms with Gasteiger partial charge in [0.1, 0.15) is 17.8 Å². The van der Waals surface area contributed by atoms with Gasteiger partial charge >= 0.3 is 24.1 Å². The van der Waals surface area contributed by atoms with Crippen molar-refractivity contribution in [3.63, 3.8) is 0 Å². The van der Waals surface area contributed by atoms with Crippen LogP contribution in [-0.2, 0) is 47.3 Å². The van der Waals surface area contributed by atoms with Gasteiger partial charge in [-0.1, -0.05) is 39.4 Å². The van der Waals surface area contributed by atoms with Crippen molar-refractivity contribution in [2.45, 2.75) is 124 Å². The molecule has 0 bridgehead atoms. The van der Waals surface area contributed by atoms with Crippen LogP contribution in [0.15, 0.2) is 29.1 Å². The fraction of sp³-hybridized carbons (Fsp3) is 0.526. The molecule has 2 N–H and O–H groups in total. The number of amides is 2. The first kappa shape index (κ1) is 38.5. The molecule has 52 heavy (non-hydrogen) atoms. The highest BCUT2D eigenvalue weighted by Crippen LogP contribution is 2.41. The van der Waals surface area contributed by atoms with Crippen LogP contribution >= 0.6 is 0 Å². The maximum atomic E-state index is 14.3. The molecule has 3 aromatic rings. The predicted molar refractivity (Wildman–Crippen MR) is 199 cm³/mol. The Kier molecular flexibility index (Phi) is 10.4. The maximum absolute atomic E-state index is 14.3. The van der Waals surface area contributed by atoms with E-state index in [0.29, 0.717) is 22.6 Å². The van der Waals surface area contributed by atoms with E-state index in [1.54, 1.807) is 65.2 Å². The average molecular weight is 735 g/mol. The number of hydrogen-bond donors (Lipinski definition) is 2. The lowest BCUT2D eigenvalue weighted by Gasteiger charge is -2.35. The summed E-state index contributed by atoms with van der Waals surface area (Å²) in [4.78, 5) is 70.8. The van der Waals surface area contributed by atoms with Gasteiger partial charge in [0.15, 0.2) is 0 Å². The van der Waals surface area contributed by atoms with Crippen molar-refractivity contribution in [1.29, 1.82) is 0 Å². The Bertz CT molecular complexity index is 2010. The van der Waals surface area contributed by atoms with E-state index in [9.17, 15) is 24.0 Å². The van der Waals surface area contributed by atoms with Crippen molar-refractivity contribution in [3.05, 3.63) is 51.3 Å². The molecule has 0 spiro atoms. The first-order valence-corrected chi connectivity index (χ1v) is 21.0. The van der Waals surface area contributed by atoms with Crippen LogP contribution in [0.1, 0.15) is 91.3 Å². The number of nitrogens with one attached hydrogen (secondary N) is 2. The summed E-state index contributed by atoms with van der Waals surface area (Å²) in [5, 5.41) is 7.41. The SMILES string of the molecule is CCC[Si](C)(C)c1c2c(nc3ccc(NC(=O)OC(C)(C)C)cc13)-c1cc3c(c(=O)n1C2)COC(=O)C3(CC)OC(=O)CCNC(=O)OC(C)(C)C. The highest BCUT2D eigenvalue weighted by molar-refractivity contribution is 6.91. The molecular weight excluding hydrogens is 685 g/mol. The summed E-state index contributed by atoms with van der Waals surface area (Å²) in [7, 11) is -2.18. The van der Waals surface area contributed by atoms with E-state index in [2.05, 4.69) is 30.7 Å². The number of rotatable bonds is 9. The van der Waals surface area contributed by atoms with E-state index in [1.165, 1.54) is 0 Å². The van der Waals surface area contributed by atoms with Gasteiger partial charge in [0.05, 0.1) is 43.5 Å². The maximum Gasteiger partial charge on any atom is 0.412 e. The minimum atomic E-state index is -2.18. The van der Waals surface area contributed by atoms with Crippen LogP contribution in [0.2, 0.25) is 19.1 Å². The van der Waals surface area contributed by atoms with Gasteiger partial charge in [-0.25, -0.2) is 19.4 Å². The Labute approximate surface area is 304 Å². The minimum Gasteiger partial charge on any atom is -0.457 e. The summed E-state index contributed by atoms with van der Waals surface area (Å²) < 4.78 is 23.8. The largest absolute Gasteiger partial charge is 0.457 e. The van der Waals surface area contributed by atoms with Gasteiger partial charge in [-0.15, -0.1) is 0 Å². The van der Waals surface area contributed by atoms with Crippen molar-refractivity contribution in [2.75, 3.05) is 11.9 Å². The summed E-state index contributed by atoms with van der Waals surface area (Å²) in [5.41, 5.74) is 0.255. The molecule has 1 aromatic carbocycles. The standard InChI is InChI=1S/C38H50N4O9Si/c1-11-17-52(9,10)31-23-18-22(40-35(47)51-37(6,7)8)13-14-27(23)41-30-24(31)20-42-28(30)19-26-25(32(42)44)21-48-33(45)38(26,12-2)49-29(43)15-16-39-34(46)50-36(3,4)5/h13-14,18-19H,11-12,15-17,20-21H2,1-10H3,(H,39,46)(H,40,47). The predicted octanol–water partition coefficient (Wildman–Crippen LogP) is 6.22. The molecule has 2 aliphatic heterocycles. The summed E-state index contributed by atoms with van der Waals surface area (Å²) in [5.74, 6) is -1.52. The van der Waals surface area contributed by atoms with Crippen molar-refractivity contribution in [2.24, 2.45) is 0 Å². The first-order valence-electron chi connectivity index (χ1n) is 17.8. The molecule has 14 heteroatoms. The monoisotopic (exact) mass is 734 g/mol. The summed E-state index contributed by atoms with van der Waals surface area (Å²) in [6.07, 6.45) is -0.509. The fourth-order valence-corrected chi connectivity index (χ4v) is 10.5. The number of alkyl carbamates (subject to hydrolysis) is 1. The Hall–Kier alpha value is -4.72. The number of fused-ring (bicyclic) bond motifs is 5. The van der Waals surface area contributed by atoms with Gasteiger partial charge in [-0.3, -0.25) is 14.9 Å². The van der Waals surface area contributed by atoms with Gasteiger partial charge < -0.3 is 28.8 Å². The van der Waals surface area contributed by atoms with Crippen LogP contribution < -0.4 is 21.4 Å². The van der Waals surface area contributed by atoms with E-state index in [0.717, 1.165) is 28.6 Å². The second kappa shape index (κ2) is 14.0. The fourth-order valence-electron chi connectivity index (χ4n) is 7.09. The van der Waals surface area contributed by atoms with Crippen LogP contribution in [0.3, 0.4) is 0 Å². The summed E-state index contributed by atoms with van der Waals surface area (Å²) in [6.45, 7) is 18.9. The van der Waals surface area contributed by atoms with Crippen LogP contribution in [0.4, 0.5) is 15.3 Å². The van der Waals surface area contributed by atoms with E-state index < -0.39 is 49.0 Å². The van der Waals surface area contributed by atoms with Crippen LogP contribution in [0.25, 0.3) is 22.3 Å². The lowest BCUT2D eigenvalue weighted by molar-refractivity contribution is -0.189. The lowest BCUT2D eigenvalue weighted by Crippen LogP contribution is -2.47. The zero-order chi connectivity index (χ0) is 38.4. The molecule has 13 nitrogen and oxygen atoms in total. The molecule has 0 radical (unpaired) electrons. The summed E-state index contributed by atoms with van der Waals surface area (Å²) in [6, 6.07) is 8.27. The molecule has 0 fully saturated rings. The number of anilines is 1. The second-order valence-corrected chi connectivity index (χ2v) is 20.8. The number of hydrogen-bond acceptors (Lipinski definition) is 10. The topological polar surface area (TPSA) is 164 Å². The van der Waals surface area contributed by atoms with Crippen LogP contribution in [0, 0.1) is 0 Å². The van der Waals surface area contributed by atoms with E-state index in [1.807, 2.05) is 12.1 Å². The van der Waals surface area contributed by atoms with Crippen LogP contribution in [0.5, 0.6) is 0 Å². The highest BCUT2D eigenvalue weighted by Gasteiger charge is 2.50. The zero-order valence-electron chi connectivity index (χ0n) is 31.8. The second-order valence-electron chi connectivity index (χ2n) is 16.0. The first-order chi connectivity index (χ1) is 24.2. The molecule has 2 aromatic heterocycles. The molecule has 0 saturated heterocycles. The van der Waals surface area contributed by atoms with Gasteiger partial charge in [-0.05, 0) is 83.0 Å². The Morgan fingerprint density at radius 1 is 0.981 bits per heavy atom. The Balaban J connectivity index is 1.58. The van der Waals surface area contributed by atoms with Crippen molar-refractivity contribution < 1.29 is 38.1 Å². The molecule has 2 aliphatic rings. The van der Waals surface area contributed by atoms with Gasteiger partial charge in [0.25, 0.3) is 5.56 Å². The number of esters is 2. The third-order valence-corrected chi connectivity index (χ3v) is 12.8. The third-order valence-electron chi connectivity index (χ3n) is 9.14. The average Bonchev–Trinajstić information content (AvgIpc) is 3.37. The summed E-state index contributed by atoms with van der Waals surface area (Å²) >= 11 is 0. The van der Waals surface area contributed by atoms with Crippen molar-refractivity contribution in [3.8, 4) is 11.4 Å². The smallest absolute Gasteiger partial charge is 0.412 e.